The lowest BCUT2D eigenvalue weighted by Crippen LogP contribution is -1.99. The van der Waals surface area contributed by atoms with E-state index in [0.717, 1.165) is 28.8 Å². The molecule has 3 aromatic rings. The van der Waals surface area contributed by atoms with Gasteiger partial charge in [0, 0.05) is 17.7 Å². The van der Waals surface area contributed by atoms with Crippen molar-refractivity contribution >= 4 is 28.6 Å². The molecule has 0 atom stereocenters. The lowest BCUT2D eigenvalue weighted by molar-refractivity contribution is 0.0982. The van der Waals surface area contributed by atoms with Gasteiger partial charge in [0.25, 0.3) is 5.22 Å². The van der Waals surface area contributed by atoms with Crippen LogP contribution in [0.1, 0.15) is 23.2 Å². The number of para-hydroxylation sites is 2. The van der Waals surface area contributed by atoms with Gasteiger partial charge in [-0.1, -0.05) is 54.2 Å². The highest BCUT2D eigenvalue weighted by molar-refractivity contribution is 7.99. The van der Waals surface area contributed by atoms with E-state index < -0.39 is 0 Å². The molecule has 0 saturated heterocycles. The lowest BCUT2D eigenvalue weighted by Gasteiger charge is -1.99. The van der Waals surface area contributed by atoms with Crippen LogP contribution in [0.3, 0.4) is 0 Å². The van der Waals surface area contributed by atoms with Gasteiger partial charge in [-0.25, -0.2) is 4.98 Å². The van der Waals surface area contributed by atoms with Crippen molar-refractivity contribution in [2.24, 2.45) is 0 Å². The largest absolute Gasteiger partial charge is 0.431 e. The average molecular weight is 297 g/mol. The van der Waals surface area contributed by atoms with Crippen molar-refractivity contribution in [2.75, 3.05) is 5.75 Å². The van der Waals surface area contributed by atoms with E-state index >= 15 is 0 Å². The van der Waals surface area contributed by atoms with E-state index in [1.165, 1.54) is 0 Å². The van der Waals surface area contributed by atoms with Crippen LogP contribution in [0.25, 0.3) is 11.1 Å². The van der Waals surface area contributed by atoms with Gasteiger partial charge in [0.15, 0.2) is 11.4 Å². The van der Waals surface area contributed by atoms with Crippen LogP contribution < -0.4 is 0 Å². The fraction of sp³-hybridized carbons (Fsp3) is 0.176. The Balaban J connectivity index is 1.49. The van der Waals surface area contributed by atoms with E-state index in [-0.39, 0.29) is 5.78 Å². The van der Waals surface area contributed by atoms with E-state index in [1.807, 2.05) is 54.6 Å². The van der Waals surface area contributed by atoms with Gasteiger partial charge in [0.2, 0.25) is 0 Å². The summed E-state index contributed by atoms with van der Waals surface area (Å²) in [7, 11) is 0. The van der Waals surface area contributed by atoms with Crippen LogP contribution in [0.2, 0.25) is 0 Å². The second-order valence-electron chi connectivity index (χ2n) is 4.69. The van der Waals surface area contributed by atoms with E-state index in [2.05, 4.69) is 4.98 Å². The topological polar surface area (TPSA) is 43.1 Å². The first-order valence-electron chi connectivity index (χ1n) is 6.89. The van der Waals surface area contributed by atoms with Gasteiger partial charge in [-0.15, -0.1) is 0 Å². The Labute approximate surface area is 127 Å². The van der Waals surface area contributed by atoms with Gasteiger partial charge >= 0.3 is 0 Å². The van der Waals surface area contributed by atoms with Crippen molar-refractivity contribution in [2.45, 2.75) is 18.1 Å². The smallest absolute Gasteiger partial charge is 0.256 e. The third-order valence-electron chi connectivity index (χ3n) is 3.14. The number of oxazole rings is 1. The van der Waals surface area contributed by atoms with E-state index in [9.17, 15) is 4.79 Å². The molecule has 3 nitrogen and oxygen atoms in total. The molecule has 0 amide bonds. The van der Waals surface area contributed by atoms with Gasteiger partial charge in [-0.05, 0) is 18.6 Å². The van der Waals surface area contributed by atoms with Crippen molar-refractivity contribution in [1.29, 1.82) is 0 Å². The van der Waals surface area contributed by atoms with E-state index in [1.54, 1.807) is 11.8 Å². The molecule has 4 heteroatoms. The Hall–Kier alpha value is -2.07. The molecule has 3 rings (SSSR count). The van der Waals surface area contributed by atoms with E-state index in [0.29, 0.717) is 11.6 Å². The first kappa shape index (κ1) is 13.9. The predicted octanol–water partition coefficient (Wildman–Crippen LogP) is 4.58. The number of carbonyl (C=O) groups is 1. The lowest BCUT2D eigenvalue weighted by atomic mass is 10.1. The van der Waals surface area contributed by atoms with Crippen LogP contribution in [0.4, 0.5) is 0 Å². The Bertz CT molecular complexity index is 704. The number of thioether (sulfide) groups is 1. The van der Waals surface area contributed by atoms with Crippen molar-refractivity contribution in [1.82, 2.24) is 4.98 Å². The third kappa shape index (κ3) is 3.52. The predicted molar refractivity (Wildman–Crippen MR) is 84.7 cm³/mol. The van der Waals surface area contributed by atoms with Gasteiger partial charge in [0.1, 0.15) is 5.52 Å². The van der Waals surface area contributed by atoms with Gasteiger partial charge in [-0.3, -0.25) is 4.79 Å². The van der Waals surface area contributed by atoms with Crippen LogP contribution in [-0.4, -0.2) is 16.5 Å². The number of aromatic nitrogens is 1. The highest BCUT2D eigenvalue weighted by Gasteiger charge is 2.07. The Morgan fingerprint density at radius 2 is 1.81 bits per heavy atom. The molecular formula is C17H15NO2S. The molecule has 0 bridgehead atoms. The average Bonchev–Trinajstić information content (AvgIpc) is 2.95. The summed E-state index contributed by atoms with van der Waals surface area (Å²) in [5, 5.41) is 0.670. The summed E-state index contributed by atoms with van der Waals surface area (Å²) >= 11 is 1.55. The summed E-state index contributed by atoms with van der Waals surface area (Å²) in [6.07, 6.45) is 1.37. The number of benzene rings is 2. The molecule has 1 heterocycles. The summed E-state index contributed by atoms with van der Waals surface area (Å²) in [4.78, 5) is 16.3. The number of fused-ring (bicyclic) bond motifs is 1. The van der Waals surface area contributed by atoms with Gasteiger partial charge < -0.3 is 4.42 Å². The molecule has 0 aliphatic heterocycles. The Morgan fingerprint density at radius 1 is 1.05 bits per heavy atom. The van der Waals surface area contributed by atoms with Crippen molar-refractivity contribution < 1.29 is 9.21 Å². The monoisotopic (exact) mass is 297 g/mol. The number of hydrogen-bond donors (Lipinski definition) is 0. The molecule has 106 valence electrons. The molecule has 2 aromatic carbocycles. The molecule has 21 heavy (non-hydrogen) atoms. The number of Topliss-reactive ketones (excluding diaryl/α,β-unsaturated/α-hetero) is 1. The molecule has 0 radical (unpaired) electrons. The quantitative estimate of drug-likeness (QED) is 0.379. The highest BCUT2D eigenvalue weighted by Crippen LogP contribution is 2.24. The molecular weight excluding hydrogens is 282 g/mol. The number of rotatable bonds is 6. The molecule has 0 aliphatic carbocycles. The van der Waals surface area contributed by atoms with E-state index in [4.69, 9.17) is 4.42 Å². The number of nitrogens with zero attached hydrogens (tertiary/aromatic N) is 1. The fourth-order valence-corrected chi connectivity index (χ4v) is 2.85. The zero-order valence-corrected chi connectivity index (χ0v) is 12.3. The van der Waals surface area contributed by atoms with Gasteiger partial charge in [0.05, 0.1) is 0 Å². The molecule has 0 N–H and O–H groups in total. The van der Waals surface area contributed by atoms with Crippen molar-refractivity contribution in [3.8, 4) is 0 Å². The minimum absolute atomic E-state index is 0.189. The standard InChI is InChI=1S/C17H15NO2S/c19-15(13-7-2-1-3-8-13)10-6-12-21-17-18-14-9-4-5-11-16(14)20-17/h1-5,7-9,11H,6,10,12H2. The number of hydrogen-bond acceptors (Lipinski definition) is 4. The first-order valence-corrected chi connectivity index (χ1v) is 7.88. The van der Waals surface area contributed by atoms with Crippen LogP contribution in [0.15, 0.2) is 64.2 Å². The number of carbonyl (C=O) groups excluding carboxylic acids is 1. The molecule has 0 fully saturated rings. The molecule has 0 saturated carbocycles. The van der Waals surface area contributed by atoms with Crippen LogP contribution in [-0.2, 0) is 0 Å². The number of ketones is 1. The Kier molecular flexibility index (Phi) is 4.36. The summed E-state index contributed by atoms with van der Waals surface area (Å²) in [5.41, 5.74) is 2.46. The summed E-state index contributed by atoms with van der Waals surface area (Å²) < 4.78 is 5.63. The maximum absolute atomic E-state index is 11.9. The van der Waals surface area contributed by atoms with Crippen molar-refractivity contribution in [3.63, 3.8) is 0 Å². The maximum atomic E-state index is 11.9. The van der Waals surface area contributed by atoms with Crippen LogP contribution >= 0.6 is 11.8 Å². The third-order valence-corrected chi connectivity index (χ3v) is 4.06. The molecule has 0 spiro atoms. The summed E-state index contributed by atoms with van der Waals surface area (Å²) in [6, 6.07) is 17.1. The molecule has 1 aromatic heterocycles. The van der Waals surface area contributed by atoms with Crippen LogP contribution in [0, 0.1) is 0 Å². The minimum Gasteiger partial charge on any atom is -0.431 e. The zero-order chi connectivity index (χ0) is 14.5. The second-order valence-corrected chi connectivity index (χ2v) is 5.73. The SMILES string of the molecule is O=C(CCCSc1nc2ccccc2o1)c1ccccc1. The summed E-state index contributed by atoms with van der Waals surface area (Å²) in [5.74, 6) is 1.01. The van der Waals surface area contributed by atoms with Gasteiger partial charge in [-0.2, -0.15) is 0 Å². The first-order chi connectivity index (χ1) is 10.3. The zero-order valence-electron chi connectivity index (χ0n) is 11.5. The fourth-order valence-electron chi connectivity index (χ4n) is 2.07. The highest BCUT2D eigenvalue weighted by atomic mass is 32.2. The second kappa shape index (κ2) is 6.59. The maximum Gasteiger partial charge on any atom is 0.256 e. The van der Waals surface area contributed by atoms with Crippen molar-refractivity contribution in [3.05, 3.63) is 60.2 Å². The van der Waals surface area contributed by atoms with Crippen LogP contribution in [0.5, 0.6) is 0 Å². The molecule has 0 aliphatic rings. The molecule has 0 unspecified atom stereocenters. The Morgan fingerprint density at radius 3 is 2.62 bits per heavy atom. The minimum atomic E-state index is 0.189. The normalized spacial score (nSPS) is 10.9. The summed E-state index contributed by atoms with van der Waals surface area (Å²) in [6.45, 7) is 0.